The smallest absolute Gasteiger partial charge is 0.269 e. The molecule has 0 aromatic heterocycles. The molecule has 4 heteroatoms. The number of rotatable bonds is 5. The second-order valence-electron chi connectivity index (χ2n) is 2.87. The first-order valence-corrected chi connectivity index (χ1v) is 4.55. The Morgan fingerprint density at radius 1 is 1.36 bits per heavy atom. The lowest BCUT2D eigenvalue weighted by Gasteiger charge is -2.00. The second kappa shape index (κ2) is 5.34. The molecular weight excluding hydrogens is 182 g/mol. The van der Waals surface area contributed by atoms with Crippen LogP contribution in [0.15, 0.2) is 24.3 Å². The Balaban J connectivity index is 2.51. The van der Waals surface area contributed by atoms with Crippen LogP contribution in [0.3, 0.4) is 0 Å². The zero-order valence-electron chi connectivity index (χ0n) is 8.10. The summed E-state index contributed by atoms with van der Waals surface area (Å²) >= 11 is 0. The van der Waals surface area contributed by atoms with Gasteiger partial charge in [-0.05, 0) is 18.9 Å². The van der Waals surface area contributed by atoms with Gasteiger partial charge in [-0.3, -0.25) is 10.1 Å². The lowest BCUT2D eigenvalue weighted by molar-refractivity contribution is -0.384. The molecule has 0 aliphatic carbocycles. The minimum Gasteiger partial charge on any atom is -0.381 e. The van der Waals surface area contributed by atoms with Crippen molar-refractivity contribution in [1.29, 1.82) is 0 Å². The maximum absolute atomic E-state index is 10.4. The molecule has 0 bridgehead atoms. The van der Waals surface area contributed by atoms with E-state index in [0.29, 0.717) is 13.2 Å². The Morgan fingerprint density at radius 3 is 2.50 bits per heavy atom. The number of nitrogens with zero attached hydrogens (tertiary/aromatic N) is 1. The first-order valence-electron chi connectivity index (χ1n) is 4.55. The summed E-state index contributed by atoms with van der Waals surface area (Å²) in [6.45, 7) is 3.30. The zero-order chi connectivity index (χ0) is 10.4. The number of ether oxygens (including phenoxy) is 1. The molecule has 14 heavy (non-hydrogen) atoms. The number of non-ortho nitro benzene ring substituents is 1. The van der Waals surface area contributed by atoms with Crippen LogP contribution in [0.2, 0.25) is 0 Å². The topological polar surface area (TPSA) is 52.4 Å². The summed E-state index contributed by atoms with van der Waals surface area (Å²) < 4.78 is 5.18. The molecule has 0 radical (unpaired) electrons. The van der Waals surface area contributed by atoms with Crippen molar-refractivity contribution in [3.05, 3.63) is 39.9 Å². The van der Waals surface area contributed by atoms with E-state index >= 15 is 0 Å². The molecule has 76 valence electrons. The molecule has 0 atom stereocenters. The lowest BCUT2D eigenvalue weighted by atomic mass is 10.1. The first kappa shape index (κ1) is 10.7. The van der Waals surface area contributed by atoms with Crippen LogP contribution in [0.1, 0.15) is 12.5 Å². The Labute approximate surface area is 82.7 Å². The van der Waals surface area contributed by atoms with Crippen molar-refractivity contribution < 1.29 is 9.66 Å². The number of hydrogen-bond acceptors (Lipinski definition) is 3. The Kier molecular flexibility index (Phi) is 4.07. The Bertz CT molecular complexity index is 295. The van der Waals surface area contributed by atoms with Gasteiger partial charge in [-0.2, -0.15) is 0 Å². The SMILES string of the molecule is CCOCCc1ccc([N+](=O)[O-])cc1. The Hall–Kier alpha value is -1.42. The molecule has 0 spiro atoms. The zero-order valence-corrected chi connectivity index (χ0v) is 8.10. The molecule has 0 amide bonds. The van der Waals surface area contributed by atoms with E-state index in [0.717, 1.165) is 12.0 Å². The van der Waals surface area contributed by atoms with Gasteiger partial charge in [-0.15, -0.1) is 0 Å². The molecule has 0 saturated heterocycles. The van der Waals surface area contributed by atoms with Gasteiger partial charge in [0, 0.05) is 18.7 Å². The van der Waals surface area contributed by atoms with Crippen molar-refractivity contribution in [3.8, 4) is 0 Å². The number of benzene rings is 1. The average molecular weight is 195 g/mol. The minimum absolute atomic E-state index is 0.130. The summed E-state index contributed by atoms with van der Waals surface area (Å²) in [4.78, 5) is 9.96. The molecular formula is C10H13NO3. The highest BCUT2D eigenvalue weighted by atomic mass is 16.6. The van der Waals surface area contributed by atoms with E-state index in [1.807, 2.05) is 6.92 Å². The quantitative estimate of drug-likeness (QED) is 0.411. The summed E-state index contributed by atoms with van der Waals surface area (Å²) in [6, 6.07) is 6.55. The number of nitro groups is 1. The van der Waals surface area contributed by atoms with E-state index in [1.165, 1.54) is 12.1 Å². The van der Waals surface area contributed by atoms with Gasteiger partial charge < -0.3 is 4.74 Å². The monoisotopic (exact) mass is 195 g/mol. The van der Waals surface area contributed by atoms with Crippen molar-refractivity contribution in [1.82, 2.24) is 0 Å². The van der Waals surface area contributed by atoms with Gasteiger partial charge >= 0.3 is 0 Å². The molecule has 1 aromatic carbocycles. The van der Waals surface area contributed by atoms with Crippen molar-refractivity contribution in [3.63, 3.8) is 0 Å². The van der Waals surface area contributed by atoms with E-state index in [4.69, 9.17) is 4.74 Å². The van der Waals surface area contributed by atoms with Crippen LogP contribution in [-0.2, 0) is 11.2 Å². The molecule has 1 aromatic rings. The summed E-state index contributed by atoms with van der Waals surface area (Å²) in [6.07, 6.45) is 0.797. The largest absolute Gasteiger partial charge is 0.381 e. The van der Waals surface area contributed by atoms with Crippen LogP contribution < -0.4 is 0 Å². The molecule has 0 fully saturated rings. The number of hydrogen-bond donors (Lipinski definition) is 0. The molecule has 0 aliphatic heterocycles. The van der Waals surface area contributed by atoms with E-state index in [9.17, 15) is 10.1 Å². The van der Waals surface area contributed by atoms with Gasteiger partial charge in [0.05, 0.1) is 11.5 Å². The van der Waals surface area contributed by atoms with Crippen molar-refractivity contribution in [2.45, 2.75) is 13.3 Å². The molecule has 1 rings (SSSR count). The standard InChI is InChI=1S/C10H13NO3/c1-2-14-8-7-9-3-5-10(6-4-9)11(12)13/h3-6H,2,7-8H2,1H3. The van der Waals surface area contributed by atoms with Crippen LogP contribution in [0, 0.1) is 10.1 Å². The van der Waals surface area contributed by atoms with Gasteiger partial charge in [-0.25, -0.2) is 0 Å². The van der Waals surface area contributed by atoms with E-state index in [2.05, 4.69) is 0 Å². The molecule has 4 nitrogen and oxygen atoms in total. The van der Waals surface area contributed by atoms with Crippen LogP contribution in [0.25, 0.3) is 0 Å². The molecule has 0 N–H and O–H groups in total. The first-order chi connectivity index (χ1) is 6.74. The summed E-state index contributed by atoms with van der Waals surface area (Å²) in [5, 5.41) is 10.4. The van der Waals surface area contributed by atoms with Gasteiger partial charge in [-0.1, -0.05) is 12.1 Å². The van der Waals surface area contributed by atoms with Crippen LogP contribution in [0.5, 0.6) is 0 Å². The molecule has 0 heterocycles. The second-order valence-corrected chi connectivity index (χ2v) is 2.87. The maximum Gasteiger partial charge on any atom is 0.269 e. The van der Waals surface area contributed by atoms with Gasteiger partial charge in [0.2, 0.25) is 0 Å². The fourth-order valence-corrected chi connectivity index (χ4v) is 1.12. The highest BCUT2D eigenvalue weighted by Crippen LogP contribution is 2.12. The average Bonchev–Trinajstić information content (AvgIpc) is 2.19. The molecule has 0 saturated carbocycles. The van der Waals surface area contributed by atoms with Gasteiger partial charge in [0.25, 0.3) is 5.69 Å². The molecule has 0 aliphatic rings. The third kappa shape index (κ3) is 3.14. The predicted molar refractivity (Wildman–Crippen MR) is 53.3 cm³/mol. The van der Waals surface area contributed by atoms with Gasteiger partial charge in [0.15, 0.2) is 0 Å². The molecule has 0 unspecified atom stereocenters. The van der Waals surface area contributed by atoms with E-state index in [-0.39, 0.29) is 5.69 Å². The van der Waals surface area contributed by atoms with Crippen molar-refractivity contribution >= 4 is 5.69 Å². The maximum atomic E-state index is 10.4. The van der Waals surface area contributed by atoms with Crippen LogP contribution >= 0.6 is 0 Å². The summed E-state index contributed by atoms with van der Waals surface area (Å²) in [5.41, 5.74) is 1.19. The predicted octanol–water partition coefficient (Wildman–Crippen LogP) is 2.17. The third-order valence-corrected chi connectivity index (χ3v) is 1.89. The van der Waals surface area contributed by atoms with E-state index in [1.54, 1.807) is 12.1 Å². The summed E-state index contributed by atoms with van der Waals surface area (Å²) in [5.74, 6) is 0. The highest BCUT2D eigenvalue weighted by molar-refractivity contribution is 5.32. The highest BCUT2D eigenvalue weighted by Gasteiger charge is 2.03. The normalized spacial score (nSPS) is 10.1. The van der Waals surface area contributed by atoms with Crippen LogP contribution in [0.4, 0.5) is 5.69 Å². The lowest BCUT2D eigenvalue weighted by Crippen LogP contribution is -1.97. The third-order valence-electron chi connectivity index (χ3n) is 1.89. The van der Waals surface area contributed by atoms with Crippen molar-refractivity contribution in [2.24, 2.45) is 0 Å². The van der Waals surface area contributed by atoms with Crippen LogP contribution in [-0.4, -0.2) is 18.1 Å². The Morgan fingerprint density at radius 2 is 2.00 bits per heavy atom. The fourth-order valence-electron chi connectivity index (χ4n) is 1.12. The fraction of sp³-hybridized carbons (Fsp3) is 0.400. The summed E-state index contributed by atoms with van der Waals surface area (Å²) in [7, 11) is 0. The van der Waals surface area contributed by atoms with Crippen molar-refractivity contribution in [2.75, 3.05) is 13.2 Å². The van der Waals surface area contributed by atoms with Gasteiger partial charge in [0.1, 0.15) is 0 Å². The minimum atomic E-state index is -0.397. The van der Waals surface area contributed by atoms with E-state index < -0.39 is 4.92 Å². The number of nitro benzene ring substituents is 1.